The molecule has 2 aromatic heterocycles. The highest BCUT2D eigenvalue weighted by Crippen LogP contribution is 2.24. The zero-order valence-electron chi connectivity index (χ0n) is 21.3. The maximum Gasteiger partial charge on any atom is 0.490 e. The number of fused-ring (bicyclic) bond motifs is 1. The van der Waals surface area contributed by atoms with E-state index in [2.05, 4.69) is 35.1 Å². The number of rotatable bonds is 4. The van der Waals surface area contributed by atoms with Gasteiger partial charge in [0.05, 0.1) is 0 Å². The zero-order valence-corrected chi connectivity index (χ0v) is 21.3. The Morgan fingerprint density at radius 2 is 1.54 bits per heavy atom. The van der Waals surface area contributed by atoms with Crippen molar-refractivity contribution in [2.75, 3.05) is 45.2 Å². The predicted octanol–water partition coefficient (Wildman–Crippen LogP) is 2.98. The van der Waals surface area contributed by atoms with Crippen LogP contribution in [0.3, 0.4) is 0 Å². The van der Waals surface area contributed by atoms with Gasteiger partial charge in [-0.15, -0.1) is 0 Å². The van der Waals surface area contributed by atoms with Gasteiger partial charge in [-0.2, -0.15) is 26.3 Å². The molecule has 11 nitrogen and oxygen atoms in total. The Balaban J connectivity index is 0.000000449. The number of pyridine rings is 1. The van der Waals surface area contributed by atoms with Crippen molar-refractivity contribution in [2.24, 2.45) is 0 Å². The number of aryl methyl sites for hydroxylation is 2. The molecule has 17 heteroatoms. The smallest absolute Gasteiger partial charge is 0.475 e. The van der Waals surface area contributed by atoms with E-state index in [9.17, 15) is 31.1 Å². The van der Waals surface area contributed by atoms with Crippen molar-refractivity contribution in [1.82, 2.24) is 19.9 Å². The first-order chi connectivity index (χ1) is 17.8. The molecule has 2 N–H and O–H groups in total. The molecule has 1 amide bonds. The Morgan fingerprint density at radius 3 is 1.97 bits per heavy atom. The van der Waals surface area contributed by atoms with Crippen LogP contribution in [-0.4, -0.2) is 101 Å². The number of hydrogen-bond acceptors (Lipinski definition) is 8. The highest BCUT2D eigenvalue weighted by Gasteiger charge is 2.38. The monoisotopic (exact) mass is 571 g/mol. The molecule has 0 fully saturated rings. The van der Waals surface area contributed by atoms with Crippen LogP contribution in [0.25, 0.3) is 0 Å². The van der Waals surface area contributed by atoms with E-state index in [1.165, 1.54) is 0 Å². The van der Waals surface area contributed by atoms with Crippen LogP contribution in [-0.2, 0) is 16.1 Å². The Hall–Kier alpha value is -3.89. The van der Waals surface area contributed by atoms with E-state index in [1.54, 1.807) is 13.0 Å². The Kier molecular flexibility index (Phi) is 11.7. The van der Waals surface area contributed by atoms with Gasteiger partial charge in [0.15, 0.2) is 5.69 Å². The summed E-state index contributed by atoms with van der Waals surface area (Å²) in [5.41, 5.74) is 2.41. The number of carbonyl (C=O) groups is 3. The van der Waals surface area contributed by atoms with Gasteiger partial charge in [-0.1, -0.05) is 11.2 Å². The second-order valence-electron chi connectivity index (χ2n) is 8.38. The van der Waals surface area contributed by atoms with Crippen LogP contribution in [0, 0.1) is 13.8 Å². The largest absolute Gasteiger partial charge is 0.490 e. The Labute approximate surface area is 218 Å². The summed E-state index contributed by atoms with van der Waals surface area (Å²) in [6.07, 6.45) is -10.2. The van der Waals surface area contributed by atoms with Crippen molar-refractivity contribution in [3.63, 3.8) is 0 Å². The molecule has 0 aliphatic carbocycles. The average molecular weight is 571 g/mol. The van der Waals surface area contributed by atoms with E-state index in [1.807, 2.05) is 17.9 Å². The lowest BCUT2D eigenvalue weighted by atomic mass is 10.2. The van der Waals surface area contributed by atoms with Gasteiger partial charge in [0.1, 0.15) is 11.6 Å². The lowest BCUT2D eigenvalue weighted by molar-refractivity contribution is -0.193. The van der Waals surface area contributed by atoms with Crippen molar-refractivity contribution in [3.05, 3.63) is 40.9 Å². The fourth-order valence-corrected chi connectivity index (χ4v) is 2.94. The minimum atomic E-state index is -5.08. The molecule has 0 unspecified atom stereocenters. The van der Waals surface area contributed by atoms with Gasteiger partial charge in [-0.25, -0.2) is 14.6 Å². The third kappa shape index (κ3) is 11.2. The van der Waals surface area contributed by atoms with Crippen LogP contribution in [0.5, 0.6) is 0 Å². The zero-order chi connectivity index (χ0) is 30.1. The maximum absolute atomic E-state index is 12.8. The van der Waals surface area contributed by atoms with E-state index >= 15 is 0 Å². The first kappa shape index (κ1) is 33.1. The molecule has 0 radical (unpaired) electrons. The van der Waals surface area contributed by atoms with Crippen molar-refractivity contribution in [1.29, 1.82) is 0 Å². The quantitative estimate of drug-likeness (QED) is 0.527. The number of carboxylic acids is 2. The number of likely N-dealkylation sites (N-methyl/N-ethyl adjacent to an activating group) is 1. The van der Waals surface area contributed by atoms with Crippen molar-refractivity contribution >= 4 is 23.7 Å². The van der Waals surface area contributed by atoms with E-state index in [0.29, 0.717) is 24.5 Å². The van der Waals surface area contributed by atoms with Gasteiger partial charge in [-0.3, -0.25) is 4.79 Å². The van der Waals surface area contributed by atoms with Crippen LogP contribution in [0.4, 0.5) is 32.2 Å². The molecular weight excluding hydrogens is 544 g/mol. The number of alkyl halides is 6. The minimum Gasteiger partial charge on any atom is -0.475 e. The maximum atomic E-state index is 12.8. The van der Waals surface area contributed by atoms with Gasteiger partial charge in [0, 0.05) is 50.0 Å². The molecule has 39 heavy (non-hydrogen) atoms. The standard InChI is InChI=1S/C18H25N5O2.2C2HF3O2/c1-13-5-6-15-12-23(18(24)16-11-14(2)25-20-16)10-9-22(17(15)19-13)8-7-21(3)4;2*3-2(4,5)1(6)7/h5-6,11H,7-10,12H2,1-4H3;2*(H,6,7). The van der Waals surface area contributed by atoms with Crippen LogP contribution >= 0.6 is 0 Å². The molecule has 0 saturated carbocycles. The SMILES string of the molecule is Cc1ccc2c(n1)N(CCN(C)C)CCN(C(=O)c1cc(C)on1)C2.O=C(O)C(F)(F)F.O=C(O)C(F)(F)F. The van der Waals surface area contributed by atoms with E-state index < -0.39 is 24.3 Å². The summed E-state index contributed by atoms with van der Waals surface area (Å²) in [4.78, 5) is 41.5. The number of halogens is 6. The second-order valence-corrected chi connectivity index (χ2v) is 8.38. The third-order valence-corrected chi connectivity index (χ3v) is 4.83. The minimum absolute atomic E-state index is 0.0992. The van der Waals surface area contributed by atoms with Gasteiger partial charge in [0.2, 0.25) is 0 Å². The summed E-state index contributed by atoms with van der Waals surface area (Å²) in [6, 6.07) is 5.75. The number of carbonyl (C=O) groups excluding carboxylic acids is 1. The van der Waals surface area contributed by atoms with Gasteiger partial charge >= 0.3 is 24.3 Å². The molecule has 218 valence electrons. The third-order valence-electron chi connectivity index (χ3n) is 4.83. The lowest BCUT2D eigenvalue weighted by Gasteiger charge is -2.25. The van der Waals surface area contributed by atoms with Crippen LogP contribution < -0.4 is 4.90 Å². The molecule has 0 spiro atoms. The van der Waals surface area contributed by atoms with Gasteiger partial charge < -0.3 is 29.4 Å². The molecule has 0 atom stereocenters. The van der Waals surface area contributed by atoms with Crippen molar-refractivity contribution in [2.45, 2.75) is 32.7 Å². The predicted molar refractivity (Wildman–Crippen MR) is 123 cm³/mol. The molecular formula is C22H27F6N5O6. The summed E-state index contributed by atoms with van der Waals surface area (Å²) in [7, 11) is 4.12. The first-order valence-electron chi connectivity index (χ1n) is 11.0. The summed E-state index contributed by atoms with van der Waals surface area (Å²) in [5, 5.41) is 18.1. The van der Waals surface area contributed by atoms with Crippen molar-refractivity contribution in [3.8, 4) is 0 Å². The van der Waals surface area contributed by atoms with Gasteiger partial charge in [0.25, 0.3) is 5.91 Å². The highest BCUT2D eigenvalue weighted by molar-refractivity contribution is 5.92. The number of aliphatic carboxylic acids is 2. The summed E-state index contributed by atoms with van der Waals surface area (Å²) in [5.74, 6) is -3.99. The number of carboxylic acid groups (broad SMARTS) is 2. The van der Waals surface area contributed by atoms with Gasteiger partial charge in [-0.05, 0) is 34.0 Å². The normalized spacial score (nSPS) is 13.4. The Bertz CT molecular complexity index is 1110. The molecule has 0 saturated heterocycles. The number of hydrogen-bond donors (Lipinski definition) is 2. The van der Waals surface area contributed by atoms with Crippen LogP contribution in [0.1, 0.15) is 27.5 Å². The number of nitrogens with zero attached hydrogens (tertiary/aromatic N) is 5. The summed E-state index contributed by atoms with van der Waals surface area (Å²) in [6.45, 7) is 7.51. The number of amides is 1. The summed E-state index contributed by atoms with van der Waals surface area (Å²) < 4.78 is 68.5. The number of anilines is 1. The topological polar surface area (TPSA) is 140 Å². The Morgan fingerprint density at radius 1 is 1.00 bits per heavy atom. The highest BCUT2D eigenvalue weighted by atomic mass is 19.4. The fraction of sp³-hybridized carbons (Fsp3) is 0.500. The molecule has 3 rings (SSSR count). The first-order valence-corrected chi connectivity index (χ1v) is 11.0. The van der Waals surface area contributed by atoms with Crippen LogP contribution in [0.15, 0.2) is 22.7 Å². The fourth-order valence-electron chi connectivity index (χ4n) is 2.94. The van der Waals surface area contributed by atoms with E-state index in [4.69, 9.17) is 29.3 Å². The molecule has 0 bridgehead atoms. The molecule has 1 aliphatic heterocycles. The summed E-state index contributed by atoms with van der Waals surface area (Å²) >= 11 is 0. The molecule has 3 heterocycles. The number of aromatic nitrogens is 2. The second kappa shape index (κ2) is 13.8. The molecule has 0 aromatic carbocycles. The van der Waals surface area contributed by atoms with E-state index in [0.717, 1.165) is 36.7 Å². The average Bonchev–Trinajstić information content (AvgIpc) is 3.15. The van der Waals surface area contributed by atoms with Crippen LogP contribution in [0.2, 0.25) is 0 Å². The molecule has 1 aliphatic rings. The van der Waals surface area contributed by atoms with E-state index in [-0.39, 0.29) is 5.91 Å². The molecule has 2 aromatic rings. The van der Waals surface area contributed by atoms with Crippen molar-refractivity contribution < 1.29 is 55.5 Å². The lowest BCUT2D eigenvalue weighted by Crippen LogP contribution is -2.38.